The van der Waals surface area contributed by atoms with E-state index in [1.807, 2.05) is 12.2 Å². The summed E-state index contributed by atoms with van der Waals surface area (Å²) < 4.78 is 0. The molecule has 1 unspecified atom stereocenters. The summed E-state index contributed by atoms with van der Waals surface area (Å²) >= 11 is 0. The van der Waals surface area contributed by atoms with E-state index in [2.05, 4.69) is 41.8 Å². The minimum atomic E-state index is -1.08. The fraction of sp³-hybridized carbons (Fsp3) is 0.581. The molecule has 186 valence electrons. The van der Waals surface area contributed by atoms with Gasteiger partial charge in [0.2, 0.25) is 0 Å². The van der Waals surface area contributed by atoms with E-state index in [-0.39, 0.29) is 0 Å². The van der Waals surface area contributed by atoms with Gasteiger partial charge in [0.15, 0.2) is 0 Å². The number of aliphatic hydroxyl groups excluding tert-OH is 1. The molecule has 0 spiro atoms. The Hall–Kier alpha value is -2.67. The van der Waals surface area contributed by atoms with Crippen molar-refractivity contribution in [2.24, 2.45) is 0 Å². The van der Waals surface area contributed by atoms with Gasteiger partial charge in [0.05, 0.1) is 0 Å². The monoisotopic (exact) mass is 464 g/mol. The van der Waals surface area contributed by atoms with Crippen LogP contribution in [0, 0.1) is 36.0 Å². The van der Waals surface area contributed by atoms with E-state index in [9.17, 15) is 9.90 Å². The van der Waals surface area contributed by atoms with Crippen LogP contribution in [0.2, 0.25) is 0 Å². The van der Waals surface area contributed by atoms with Gasteiger partial charge in [-0.2, -0.15) is 0 Å². The van der Waals surface area contributed by atoms with Crippen LogP contribution in [0.25, 0.3) is 0 Å². The Morgan fingerprint density at radius 3 is 1.91 bits per heavy atom. The molecule has 0 aromatic carbocycles. The fourth-order valence-corrected chi connectivity index (χ4v) is 3.36. The Morgan fingerprint density at radius 2 is 1.29 bits per heavy atom. The van der Waals surface area contributed by atoms with E-state index in [0.717, 1.165) is 57.8 Å². The van der Waals surface area contributed by atoms with Crippen molar-refractivity contribution in [2.75, 3.05) is 0 Å². The molecule has 2 N–H and O–H groups in total. The Labute approximate surface area is 208 Å². The van der Waals surface area contributed by atoms with Crippen molar-refractivity contribution >= 4 is 5.97 Å². The summed E-state index contributed by atoms with van der Waals surface area (Å²) in [6, 6.07) is 0. The van der Waals surface area contributed by atoms with Crippen molar-refractivity contribution in [1.82, 2.24) is 0 Å². The Bertz CT molecular complexity index is 744. The first-order valence-electron chi connectivity index (χ1n) is 13.0. The van der Waals surface area contributed by atoms with Gasteiger partial charge in [-0.1, -0.05) is 93.4 Å². The van der Waals surface area contributed by atoms with Crippen molar-refractivity contribution in [3.05, 3.63) is 36.5 Å². The lowest BCUT2D eigenvalue weighted by molar-refractivity contribution is -0.130. The van der Waals surface area contributed by atoms with Crippen LogP contribution in [0.5, 0.6) is 0 Å². The molecule has 0 aliphatic rings. The predicted octanol–water partition coefficient (Wildman–Crippen LogP) is 7.37. The summed E-state index contributed by atoms with van der Waals surface area (Å²) in [6.45, 7) is 0. The molecule has 0 bridgehead atoms. The minimum Gasteiger partial charge on any atom is -0.472 e. The lowest BCUT2D eigenvalue weighted by Gasteiger charge is -2.01. The molecule has 0 saturated carbocycles. The van der Waals surface area contributed by atoms with Crippen LogP contribution in [-0.4, -0.2) is 22.3 Å². The molecule has 0 rings (SSSR count). The molecule has 1 atom stereocenters. The number of allylic oxidation sites excluding steroid dienone is 5. The third-order valence-corrected chi connectivity index (χ3v) is 5.30. The highest BCUT2D eigenvalue weighted by Gasteiger charge is 1.92. The summed E-state index contributed by atoms with van der Waals surface area (Å²) in [7, 11) is 0. The van der Waals surface area contributed by atoms with Crippen LogP contribution < -0.4 is 0 Å². The SMILES string of the molecule is C#CC(O)C=CCCCCCC#CCC=CCCCCCCCCCCCC=CC#CC(=O)O. The van der Waals surface area contributed by atoms with Crippen molar-refractivity contribution in [1.29, 1.82) is 0 Å². The molecule has 0 aromatic heterocycles. The molecule has 0 amide bonds. The van der Waals surface area contributed by atoms with Gasteiger partial charge in [-0.3, -0.25) is 0 Å². The molecule has 0 saturated heterocycles. The third-order valence-electron chi connectivity index (χ3n) is 5.30. The molecule has 0 radical (unpaired) electrons. The number of carboxylic acids is 1. The topological polar surface area (TPSA) is 57.5 Å². The Morgan fingerprint density at radius 1 is 0.735 bits per heavy atom. The van der Waals surface area contributed by atoms with E-state index >= 15 is 0 Å². The van der Waals surface area contributed by atoms with Gasteiger partial charge >= 0.3 is 5.97 Å². The van der Waals surface area contributed by atoms with Gasteiger partial charge in [-0.05, 0) is 57.1 Å². The number of aliphatic carboxylic acids is 1. The summed E-state index contributed by atoms with van der Waals surface area (Å²) in [4.78, 5) is 10.2. The first kappa shape index (κ1) is 31.3. The first-order valence-corrected chi connectivity index (χ1v) is 13.0. The number of rotatable bonds is 19. The zero-order valence-corrected chi connectivity index (χ0v) is 20.9. The van der Waals surface area contributed by atoms with Crippen LogP contribution in [0.4, 0.5) is 0 Å². The highest BCUT2D eigenvalue weighted by molar-refractivity contribution is 5.86. The van der Waals surface area contributed by atoms with Crippen molar-refractivity contribution in [2.45, 2.75) is 115 Å². The summed E-state index contributed by atoms with van der Waals surface area (Å²) in [5, 5.41) is 17.6. The molecular weight excluding hydrogens is 420 g/mol. The first-order chi connectivity index (χ1) is 16.7. The summed E-state index contributed by atoms with van der Waals surface area (Å²) in [5.41, 5.74) is 0. The molecule has 3 nitrogen and oxygen atoms in total. The van der Waals surface area contributed by atoms with Crippen LogP contribution in [0.1, 0.15) is 109 Å². The van der Waals surface area contributed by atoms with Crippen LogP contribution in [0.3, 0.4) is 0 Å². The van der Waals surface area contributed by atoms with Crippen molar-refractivity contribution < 1.29 is 15.0 Å². The minimum absolute atomic E-state index is 0.748. The summed E-state index contributed by atoms with van der Waals surface area (Å²) in [6.07, 6.45) is 35.9. The van der Waals surface area contributed by atoms with E-state index in [0.29, 0.717) is 0 Å². The van der Waals surface area contributed by atoms with E-state index < -0.39 is 12.1 Å². The van der Waals surface area contributed by atoms with E-state index in [4.69, 9.17) is 11.5 Å². The van der Waals surface area contributed by atoms with Gasteiger partial charge in [-0.15, -0.1) is 12.3 Å². The highest BCUT2D eigenvalue weighted by Crippen LogP contribution is 2.11. The fourth-order valence-electron chi connectivity index (χ4n) is 3.36. The zero-order valence-electron chi connectivity index (χ0n) is 20.9. The van der Waals surface area contributed by atoms with Crippen LogP contribution in [0.15, 0.2) is 36.5 Å². The lowest BCUT2D eigenvalue weighted by Crippen LogP contribution is -1.95. The normalized spacial score (nSPS) is 11.8. The maximum Gasteiger partial charge on any atom is 0.382 e. The highest BCUT2D eigenvalue weighted by atomic mass is 16.4. The number of carbonyl (C=O) groups is 1. The molecule has 0 aliphatic carbocycles. The lowest BCUT2D eigenvalue weighted by atomic mass is 10.1. The molecule has 0 aliphatic heterocycles. The third kappa shape index (κ3) is 27.4. The second kappa shape index (κ2) is 26.6. The van der Waals surface area contributed by atoms with E-state index in [1.165, 1.54) is 51.4 Å². The van der Waals surface area contributed by atoms with Gasteiger partial charge < -0.3 is 10.2 Å². The molecule has 0 fully saturated rings. The van der Waals surface area contributed by atoms with Gasteiger partial charge in [0.25, 0.3) is 0 Å². The predicted molar refractivity (Wildman–Crippen MR) is 144 cm³/mol. The number of terminal acetylenes is 1. The Kier molecular flexibility index (Phi) is 24.5. The second-order valence-electron chi connectivity index (χ2n) is 8.40. The number of aliphatic hydroxyl groups is 1. The van der Waals surface area contributed by atoms with E-state index in [1.54, 1.807) is 12.2 Å². The second-order valence-corrected chi connectivity index (χ2v) is 8.40. The number of hydrogen-bond acceptors (Lipinski definition) is 2. The average molecular weight is 465 g/mol. The maximum absolute atomic E-state index is 10.2. The number of unbranched alkanes of at least 4 members (excludes halogenated alkanes) is 14. The van der Waals surface area contributed by atoms with Crippen molar-refractivity contribution in [3.63, 3.8) is 0 Å². The van der Waals surface area contributed by atoms with Crippen molar-refractivity contribution in [3.8, 4) is 36.0 Å². The van der Waals surface area contributed by atoms with Crippen LogP contribution in [-0.2, 0) is 4.79 Å². The van der Waals surface area contributed by atoms with Gasteiger partial charge in [0.1, 0.15) is 6.10 Å². The zero-order chi connectivity index (χ0) is 25.0. The van der Waals surface area contributed by atoms with Gasteiger partial charge in [-0.25, -0.2) is 4.79 Å². The maximum atomic E-state index is 10.2. The average Bonchev–Trinajstić information content (AvgIpc) is 2.83. The standard InChI is InChI=1S/C31H44O3/c1-2-30(32)28-26-24-22-20-18-16-14-12-10-8-6-4-3-5-7-9-11-13-15-17-19-21-23-25-27-29-31(33)34/h1,6,8,23,25-26,28,30,32H,3-5,7,9-11,13,15-22,24H2,(H,33,34). The molecule has 34 heavy (non-hydrogen) atoms. The number of hydrogen-bond donors (Lipinski definition) is 2. The molecule has 0 aromatic rings. The quantitative estimate of drug-likeness (QED) is 0.119. The smallest absolute Gasteiger partial charge is 0.382 e. The molecular formula is C31H44O3. The molecule has 0 heterocycles. The van der Waals surface area contributed by atoms with Gasteiger partial charge in [0, 0.05) is 18.8 Å². The Balaban J connectivity index is 3.32. The largest absolute Gasteiger partial charge is 0.472 e. The van der Waals surface area contributed by atoms with Crippen LogP contribution >= 0.6 is 0 Å². The molecule has 3 heteroatoms. The summed E-state index contributed by atoms with van der Waals surface area (Å²) in [5.74, 6) is 12.2. The number of carboxylic acid groups (broad SMARTS) is 1.